The zero-order valence-corrected chi connectivity index (χ0v) is 14.7. The fourth-order valence-corrected chi connectivity index (χ4v) is 2.16. The zero-order chi connectivity index (χ0) is 18.2. The first kappa shape index (κ1) is 18.4. The SMILES string of the molecule is Cc1ccc(NC(=O)C(NC(=O)COc2ccccc2)C(C)C)nc1. The standard InChI is InChI=1S/C19H23N3O3/c1-13(2)18(19(24)21-16-10-9-14(3)11-20-16)22-17(23)12-25-15-7-5-4-6-8-15/h4-11,13,18H,12H2,1-3H3,(H,22,23)(H,20,21,24). The first-order valence-corrected chi connectivity index (χ1v) is 8.16. The van der Waals surface area contributed by atoms with Crippen molar-refractivity contribution in [2.45, 2.75) is 26.8 Å². The highest BCUT2D eigenvalue weighted by molar-refractivity contribution is 5.96. The molecular formula is C19H23N3O3. The Kier molecular flexibility index (Phi) is 6.51. The number of aryl methyl sites for hydroxylation is 1. The van der Waals surface area contributed by atoms with E-state index in [0.29, 0.717) is 11.6 Å². The summed E-state index contributed by atoms with van der Waals surface area (Å²) >= 11 is 0. The van der Waals surface area contributed by atoms with E-state index in [1.165, 1.54) is 0 Å². The highest BCUT2D eigenvalue weighted by atomic mass is 16.5. The first-order chi connectivity index (χ1) is 12.0. The molecule has 6 heteroatoms. The summed E-state index contributed by atoms with van der Waals surface area (Å²) in [6, 6.07) is 12.0. The predicted molar refractivity (Wildman–Crippen MR) is 96.3 cm³/mol. The van der Waals surface area contributed by atoms with E-state index in [4.69, 9.17) is 4.74 Å². The molecule has 2 rings (SSSR count). The van der Waals surface area contributed by atoms with Crippen LogP contribution < -0.4 is 15.4 Å². The number of rotatable bonds is 7. The molecule has 0 aliphatic heterocycles. The number of hydrogen-bond donors (Lipinski definition) is 2. The Morgan fingerprint density at radius 2 is 1.84 bits per heavy atom. The van der Waals surface area contributed by atoms with Crippen molar-refractivity contribution < 1.29 is 14.3 Å². The predicted octanol–water partition coefficient (Wildman–Crippen LogP) is 2.55. The fraction of sp³-hybridized carbons (Fsp3) is 0.316. The quantitative estimate of drug-likeness (QED) is 0.811. The number of para-hydroxylation sites is 1. The number of amides is 2. The maximum absolute atomic E-state index is 12.4. The molecule has 1 aromatic carbocycles. The van der Waals surface area contributed by atoms with Gasteiger partial charge in [0.15, 0.2) is 6.61 Å². The van der Waals surface area contributed by atoms with Gasteiger partial charge in [0.2, 0.25) is 5.91 Å². The van der Waals surface area contributed by atoms with Gasteiger partial charge >= 0.3 is 0 Å². The van der Waals surface area contributed by atoms with Crippen molar-refractivity contribution in [2.75, 3.05) is 11.9 Å². The Morgan fingerprint density at radius 1 is 1.12 bits per heavy atom. The van der Waals surface area contributed by atoms with E-state index < -0.39 is 6.04 Å². The Labute approximate surface area is 147 Å². The number of nitrogens with zero attached hydrogens (tertiary/aromatic N) is 1. The van der Waals surface area contributed by atoms with Gasteiger partial charge < -0.3 is 15.4 Å². The summed E-state index contributed by atoms with van der Waals surface area (Å²) in [5.74, 6) is 0.322. The van der Waals surface area contributed by atoms with Gasteiger partial charge in [-0.3, -0.25) is 9.59 Å². The van der Waals surface area contributed by atoms with Crippen LogP contribution in [0.15, 0.2) is 48.7 Å². The number of aromatic nitrogens is 1. The van der Waals surface area contributed by atoms with Gasteiger partial charge in [0, 0.05) is 6.20 Å². The van der Waals surface area contributed by atoms with Gasteiger partial charge in [-0.2, -0.15) is 0 Å². The van der Waals surface area contributed by atoms with Crippen LogP contribution in [0.5, 0.6) is 5.75 Å². The minimum atomic E-state index is -0.671. The summed E-state index contributed by atoms with van der Waals surface area (Å²) in [4.78, 5) is 28.7. The Hall–Kier alpha value is -2.89. The van der Waals surface area contributed by atoms with Gasteiger partial charge in [-0.05, 0) is 36.6 Å². The van der Waals surface area contributed by atoms with Crippen LogP contribution in [-0.4, -0.2) is 29.4 Å². The molecule has 2 N–H and O–H groups in total. The highest BCUT2D eigenvalue weighted by Crippen LogP contribution is 2.10. The van der Waals surface area contributed by atoms with E-state index in [0.717, 1.165) is 5.56 Å². The molecule has 132 valence electrons. The molecule has 0 aliphatic carbocycles. The minimum absolute atomic E-state index is 0.0777. The van der Waals surface area contributed by atoms with Gasteiger partial charge in [0.25, 0.3) is 5.91 Å². The smallest absolute Gasteiger partial charge is 0.258 e. The summed E-state index contributed by atoms with van der Waals surface area (Å²) in [5.41, 5.74) is 1.00. The summed E-state index contributed by atoms with van der Waals surface area (Å²) in [6.07, 6.45) is 1.67. The first-order valence-electron chi connectivity index (χ1n) is 8.16. The lowest BCUT2D eigenvalue weighted by Crippen LogP contribution is -2.48. The molecule has 0 aliphatic rings. The van der Waals surface area contributed by atoms with Crippen LogP contribution in [0.4, 0.5) is 5.82 Å². The number of ether oxygens (including phenoxy) is 1. The maximum Gasteiger partial charge on any atom is 0.258 e. The van der Waals surface area contributed by atoms with Crippen molar-refractivity contribution in [2.24, 2.45) is 5.92 Å². The Morgan fingerprint density at radius 3 is 2.44 bits per heavy atom. The lowest BCUT2D eigenvalue weighted by atomic mass is 10.0. The van der Waals surface area contributed by atoms with Crippen LogP contribution in [0.3, 0.4) is 0 Å². The molecule has 6 nitrogen and oxygen atoms in total. The molecule has 0 radical (unpaired) electrons. The normalized spacial score (nSPS) is 11.7. The number of pyridine rings is 1. The van der Waals surface area contributed by atoms with Crippen LogP contribution in [0, 0.1) is 12.8 Å². The van der Waals surface area contributed by atoms with Crippen LogP contribution in [-0.2, 0) is 9.59 Å². The lowest BCUT2D eigenvalue weighted by molar-refractivity contribution is -0.128. The third kappa shape index (κ3) is 5.91. The second kappa shape index (κ2) is 8.82. The Bertz CT molecular complexity index is 700. The summed E-state index contributed by atoms with van der Waals surface area (Å²) < 4.78 is 5.40. The molecule has 0 saturated carbocycles. The molecule has 0 saturated heterocycles. The number of hydrogen-bond acceptors (Lipinski definition) is 4. The maximum atomic E-state index is 12.4. The largest absolute Gasteiger partial charge is 0.484 e. The Balaban J connectivity index is 1.91. The molecule has 2 amide bonds. The zero-order valence-electron chi connectivity index (χ0n) is 14.7. The molecule has 1 atom stereocenters. The number of anilines is 1. The molecule has 25 heavy (non-hydrogen) atoms. The van der Waals surface area contributed by atoms with E-state index in [9.17, 15) is 9.59 Å². The molecule has 0 fully saturated rings. The van der Waals surface area contributed by atoms with Gasteiger partial charge in [-0.1, -0.05) is 38.1 Å². The van der Waals surface area contributed by atoms with Crippen molar-refractivity contribution in [1.82, 2.24) is 10.3 Å². The molecule has 0 spiro atoms. The molecular weight excluding hydrogens is 318 g/mol. The van der Waals surface area contributed by atoms with Gasteiger partial charge in [-0.15, -0.1) is 0 Å². The molecule has 2 aromatic rings. The molecule has 1 heterocycles. The highest BCUT2D eigenvalue weighted by Gasteiger charge is 2.24. The molecule has 0 bridgehead atoms. The second-order valence-electron chi connectivity index (χ2n) is 6.10. The third-order valence-corrected chi connectivity index (χ3v) is 3.54. The number of carbonyl (C=O) groups excluding carboxylic acids is 2. The number of nitrogens with one attached hydrogen (secondary N) is 2. The fourth-order valence-electron chi connectivity index (χ4n) is 2.16. The van der Waals surface area contributed by atoms with Crippen LogP contribution in [0.2, 0.25) is 0 Å². The topological polar surface area (TPSA) is 80.3 Å². The second-order valence-corrected chi connectivity index (χ2v) is 6.10. The molecule has 1 unspecified atom stereocenters. The van der Waals surface area contributed by atoms with Crippen LogP contribution in [0.25, 0.3) is 0 Å². The van der Waals surface area contributed by atoms with Gasteiger partial charge in [0.1, 0.15) is 17.6 Å². The molecule has 1 aromatic heterocycles. The van der Waals surface area contributed by atoms with E-state index in [-0.39, 0.29) is 24.3 Å². The van der Waals surface area contributed by atoms with E-state index in [1.807, 2.05) is 45.0 Å². The van der Waals surface area contributed by atoms with E-state index >= 15 is 0 Å². The minimum Gasteiger partial charge on any atom is -0.484 e. The van der Waals surface area contributed by atoms with Gasteiger partial charge in [0.05, 0.1) is 0 Å². The van der Waals surface area contributed by atoms with Crippen molar-refractivity contribution >= 4 is 17.6 Å². The summed E-state index contributed by atoms with van der Waals surface area (Å²) in [5, 5.41) is 5.44. The number of carbonyl (C=O) groups is 2. The van der Waals surface area contributed by atoms with Crippen LogP contribution in [0.1, 0.15) is 19.4 Å². The van der Waals surface area contributed by atoms with Crippen LogP contribution >= 0.6 is 0 Å². The van der Waals surface area contributed by atoms with Crippen molar-refractivity contribution in [1.29, 1.82) is 0 Å². The van der Waals surface area contributed by atoms with E-state index in [2.05, 4.69) is 15.6 Å². The van der Waals surface area contributed by atoms with E-state index in [1.54, 1.807) is 24.4 Å². The lowest BCUT2D eigenvalue weighted by Gasteiger charge is -2.21. The summed E-state index contributed by atoms with van der Waals surface area (Å²) in [6.45, 7) is 5.50. The van der Waals surface area contributed by atoms with Crippen molar-refractivity contribution in [3.8, 4) is 5.75 Å². The average Bonchev–Trinajstić information content (AvgIpc) is 2.60. The van der Waals surface area contributed by atoms with Crippen molar-refractivity contribution in [3.05, 3.63) is 54.2 Å². The number of benzene rings is 1. The third-order valence-electron chi connectivity index (χ3n) is 3.54. The summed E-state index contributed by atoms with van der Waals surface area (Å²) in [7, 11) is 0. The van der Waals surface area contributed by atoms with Gasteiger partial charge in [-0.25, -0.2) is 4.98 Å². The van der Waals surface area contributed by atoms with Crippen molar-refractivity contribution in [3.63, 3.8) is 0 Å². The monoisotopic (exact) mass is 341 g/mol. The average molecular weight is 341 g/mol.